The number of rotatable bonds is 7. The second kappa shape index (κ2) is 10.9. The Morgan fingerprint density at radius 1 is 1.26 bits per heavy atom. The standard InChI is InChI=1S/C18H18Cl2IN3O2S/c1-3-22-18(27)24-23-9-12-7-15(21)17(16(8-12)25-2)26-10-11-4-5-13(19)14(20)6-11/h4-9H,3,10H2,1-2H3,(H2,22,24,27)/b23-9-. The Hall–Kier alpha value is -1.29. The average molecular weight is 538 g/mol. The summed E-state index contributed by atoms with van der Waals surface area (Å²) >= 11 is 19.3. The van der Waals surface area contributed by atoms with Crippen molar-refractivity contribution in [3.05, 3.63) is 55.1 Å². The Kier molecular flexibility index (Phi) is 8.88. The highest BCUT2D eigenvalue weighted by molar-refractivity contribution is 14.1. The van der Waals surface area contributed by atoms with Gasteiger partial charge in [-0.3, -0.25) is 5.43 Å². The van der Waals surface area contributed by atoms with Gasteiger partial charge in [-0.2, -0.15) is 5.10 Å². The quantitative estimate of drug-likeness (QED) is 0.225. The van der Waals surface area contributed by atoms with Crippen LogP contribution in [-0.2, 0) is 6.61 Å². The van der Waals surface area contributed by atoms with Crippen molar-refractivity contribution in [2.45, 2.75) is 13.5 Å². The van der Waals surface area contributed by atoms with Crippen LogP contribution in [0.2, 0.25) is 10.0 Å². The van der Waals surface area contributed by atoms with Crippen LogP contribution in [0, 0.1) is 3.57 Å². The second-order valence-electron chi connectivity index (χ2n) is 5.30. The molecule has 0 radical (unpaired) electrons. The Balaban J connectivity index is 2.11. The van der Waals surface area contributed by atoms with Crippen molar-refractivity contribution < 1.29 is 9.47 Å². The summed E-state index contributed by atoms with van der Waals surface area (Å²) in [5.41, 5.74) is 4.51. The van der Waals surface area contributed by atoms with Gasteiger partial charge in [0.1, 0.15) is 6.61 Å². The fraction of sp³-hybridized carbons (Fsp3) is 0.222. The van der Waals surface area contributed by atoms with Crippen LogP contribution in [0.5, 0.6) is 11.5 Å². The lowest BCUT2D eigenvalue weighted by Gasteiger charge is -2.14. The number of benzene rings is 2. The van der Waals surface area contributed by atoms with Crippen LogP contribution in [0.15, 0.2) is 35.4 Å². The minimum atomic E-state index is 0.342. The molecule has 0 bridgehead atoms. The van der Waals surface area contributed by atoms with Crippen molar-refractivity contribution in [3.63, 3.8) is 0 Å². The van der Waals surface area contributed by atoms with Crippen LogP contribution >= 0.6 is 58.0 Å². The van der Waals surface area contributed by atoms with E-state index < -0.39 is 0 Å². The normalized spacial score (nSPS) is 10.7. The van der Waals surface area contributed by atoms with Gasteiger partial charge in [-0.05, 0) is 77.1 Å². The fourth-order valence-corrected chi connectivity index (χ4v) is 3.40. The lowest BCUT2D eigenvalue weighted by atomic mass is 10.2. The Bertz CT molecular complexity index is 850. The van der Waals surface area contributed by atoms with Crippen LogP contribution in [-0.4, -0.2) is 25.0 Å². The van der Waals surface area contributed by atoms with Crippen molar-refractivity contribution in [2.24, 2.45) is 5.10 Å². The summed E-state index contributed by atoms with van der Waals surface area (Å²) in [7, 11) is 1.59. The SMILES string of the molecule is CCNC(=S)N/N=C\c1cc(I)c(OCc2ccc(Cl)c(Cl)c2)c(OC)c1. The number of ether oxygens (including phenoxy) is 2. The van der Waals surface area contributed by atoms with Crippen molar-refractivity contribution in [1.82, 2.24) is 10.7 Å². The first-order valence-electron chi connectivity index (χ1n) is 7.95. The molecule has 0 aromatic heterocycles. The summed E-state index contributed by atoms with van der Waals surface area (Å²) in [6.07, 6.45) is 1.66. The summed E-state index contributed by atoms with van der Waals surface area (Å²) in [5, 5.41) is 8.55. The molecule has 0 fully saturated rings. The van der Waals surface area contributed by atoms with Crippen LogP contribution in [0.25, 0.3) is 0 Å². The fourth-order valence-electron chi connectivity index (χ4n) is 2.10. The number of halogens is 3. The first-order chi connectivity index (χ1) is 12.9. The number of hydrogen-bond acceptors (Lipinski definition) is 4. The Labute approximate surface area is 187 Å². The molecule has 0 aliphatic heterocycles. The first-order valence-corrected chi connectivity index (χ1v) is 10.2. The molecule has 27 heavy (non-hydrogen) atoms. The van der Waals surface area contributed by atoms with E-state index in [0.29, 0.717) is 33.3 Å². The van der Waals surface area contributed by atoms with Gasteiger partial charge < -0.3 is 14.8 Å². The van der Waals surface area contributed by atoms with Crippen molar-refractivity contribution in [3.8, 4) is 11.5 Å². The maximum Gasteiger partial charge on any atom is 0.186 e. The Morgan fingerprint density at radius 2 is 2.04 bits per heavy atom. The van der Waals surface area contributed by atoms with Gasteiger partial charge in [-0.25, -0.2) is 0 Å². The molecule has 0 unspecified atom stereocenters. The molecule has 0 aliphatic carbocycles. The highest BCUT2D eigenvalue weighted by Gasteiger charge is 2.12. The minimum Gasteiger partial charge on any atom is -0.493 e. The molecule has 0 saturated carbocycles. The second-order valence-corrected chi connectivity index (χ2v) is 7.69. The molecular weight excluding hydrogens is 520 g/mol. The third-order valence-corrected chi connectivity index (χ3v) is 5.11. The van der Waals surface area contributed by atoms with Crippen LogP contribution in [0.4, 0.5) is 0 Å². The molecule has 2 N–H and O–H groups in total. The molecule has 0 heterocycles. The third kappa shape index (κ3) is 6.67. The van der Waals surface area contributed by atoms with Gasteiger partial charge in [-0.15, -0.1) is 0 Å². The number of nitrogens with one attached hydrogen (secondary N) is 2. The topological polar surface area (TPSA) is 54.9 Å². The lowest BCUT2D eigenvalue weighted by Crippen LogP contribution is -2.31. The first kappa shape index (κ1) is 22.0. The zero-order chi connectivity index (χ0) is 19.8. The van der Waals surface area contributed by atoms with E-state index in [9.17, 15) is 0 Å². The van der Waals surface area contributed by atoms with E-state index in [2.05, 4.69) is 38.4 Å². The van der Waals surface area contributed by atoms with Gasteiger partial charge in [-0.1, -0.05) is 29.3 Å². The predicted molar refractivity (Wildman–Crippen MR) is 124 cm³/mol. The molecule has 144 valence electrons. The summed E-state index contributed by atoms with van der Waals surface area (Å²) in [6, 6.07) is 9.17. The smallest absolute Gasteiger partial charge is 0.186 e. The van der Waals surface area contributed by atoms with E-state index in [1.165, 1.54) is 0 Å². The van der Waals surface area contributed by atoms with Gasteiger partial charge in [0.25, 0.3) is 0 Å². The van der Waals surface area contributed by atoms with Crippen LogP contribution < -0.4 is 20.2 Å². The van der Waals surface area contributed by atoms with E-state index in [-0.39, 0.29) is 0 Å². The van der Waals surface area contributed by atoms with E-state index in [0.717, 1.165) is 21.2 Å². The number of methoxy groups -OCH3 is 1. The maximum atomic E-state index is 6.05. The third-order valence-electron chi connectivity index (χ3n) is 3.34. The molecule has 0 amide bonds. The highest BCUT2D eigenvalue weighted by Crippen LogP contribution is 2.34. The molecule has 0 aliphatic rings. The van der Waals surface area contributed by atoms with Gasteiger partial charge in [0.2, 0.25) is 0 Å². The molecule has 0 saturated heterocycles. The van der Waals surface area contributed by atoms with Crippen molar-refractivity contribution in [1.29, 1.82) is 0 Å². The summed E-state index contributed by atoms with van der Waals surface area (Å²) < 4.78 is 12.3. The van der Waals surface area contributed by atoms with E-state index in [1.807, 2.05) is 25.1 Å². The van der Waals surface area contributed by atoms with E-state index >= 15 is 0 Å². The molecule has 5 nitrogen and oxygen atoms in total. The summed E-state index contributed by atoms with van der Waals surface area (Å²) in [4.78, 5) is 0. The number of hydrazone groups is 1. The largest absolute Gasteiger partial charge is 0.493 e. The van der Waals surface area contributed by atoms with Gasteiger partial charge in [0.15, 0.2) is 16.6 Å². The van der Waals surface area contributed by atoms with Gasteiger partial charge in [0, 0.05) is 6.54 Å². The molecule has 2 aromatic carbocycles. The van der Waals surface area contributed by atoms with Crippen LogP contribution in [0.1, 0.15) is 18.1 Å². The molecule has 2 rings (SSSR count). The van der Waals surface area contributed by atoms with E-state index in [1.54, 1.807) is 25.5 Å². The average Bonchev–Trinajstić information content (AvgIpc) is 2.63. The van der Waals surface area contributed by atoms with Crippen molar-refractivity contribution in [2.75, 3.05) is 13.7 Å². The lowest BCUT2D eigenvalue weighted by molar-refractivity contribution is 0.282. The minimum absolute atomic E-state index is 0.342. The van der Waals surface area contributed by atoms with Crippen LogP contribution in [0.3, 0.4) is 0 Å². The molecule has 9 heteroatoms. The molecular formula is C18H18Cl2IN3O2S. The highest BCUT2D eigenvalue weighted by atomic mass is 127. The number of thiocarbonyl (C=S) groups is 1. The zero-order valence-corrected chi connectivity index (χ0v) is 19.2. The monoisotopic (exact) mass is 537 g/mol. The number of nitrogens with zero attached hydrogens (tertiary/aromatic N) is 1. The number of hydrogen-bond donors (Lipinski definition) is 2. The molecule has 2 aromatic rings. The van der Waals surface area contributed by atoms with Gasteiger partial charge >= 0.3 is 0 Å². The maximum absolute atomic E-state index is 6.05. The summed E-state index contributed by atoms with van der Waals surface area (Å²) in [5.74, 6) is 1.26. The molecule has 0 spiro atoms. The summed E-state index contributed by atoms with van der Waals surface area (Å²) in [6.45, 7) is 3.04. The predicted octanol–water partition coefficient (Wildman–Crippen LogP) is 5.00. The van der Waals surface area contributed by atoms with Crippen molar-refractivity contribution >= 4 is 69.3 Å². The van der Waals surface area contributed by atoms with Gasteiger partial charge in [0.05, 0.1) is 26.9 Å². The Morgan fingerprint density at radius 3 is 2.70 bits per heavy atom. The van der Waals surface area contributed by atoms with E-state index in [4.69, 9.17) is 44.9 Å². The molecule has 0 atom stereocenters. The zero-order valence-electron chi connectivity index (χ0n) is 14.7.